The lowest BCUT2D eigenvalue weighted by Crippen LogP contribution is -2.59. The highest BCUT2D eigenvalue weighted by atomic mass is 35.5. The summed E-state index contributed by atoms with van der Waals surface area (Å²) in [5, 5.41) is 7.70. The molecule has 1 aromatic carbocycles. The fourth-order valence-electron chi connectivity index (χ4n) is 5.35. The minimum absolute atomic E-state index is 0.0550. The van der Waals surface area contributed by atoms with Gasteiger partial charge < -0.3 is 20.3 Å². The smallest absolute Gasteiger partial charge is 0.246 e. The Bertz CT molecular complexity index is 945. The number of nitrogens with two attached hydrogens (primary N) is 1. The number of nitrogen functional groups attached to an aromatic ring is 1. The zero-order valence-electron chi connectivity index (χ0n) is 18.8. The number of halogens is 1. The monoisotopic (exact) mass is 473 g/mol. The molecule has 3 aliphatic rings. The van der Waals surface area contributed by atoms with E-state index in [1.54, 1.807) is 0 Å². The van der Waals surface area contributed by atoms with E-state index in [2.05, 4.69) is 37.1 Å². The molecule has 3 N–H and O–H groups in total. The lowest BCUT2D eigenvalue weighted by molar-refractivity contribution is -0.133. The molecule has 3 aliphatic heterocycles. The van der Waals surface area contributed by atoms with Crippen molar-refractivity contribution < 1.29 is 9.53 Å². The van der Waals surface area contributed by atoms with Crippen molar-refractivity contribution >= 4 is 29.4 Å². The van der Waals surface area contributed by atoms with Crippen molar-refractivity contribution in [2.75, 3.05) is 50.0 Å². The minimum atomic E-state index is 0.0550. The van der Waals surface area contributed by atoms with Crippen molar-refractivity contribution in [1.82, 2.24) is 25.0 Å². The van der Waals surface area contributed by atoms with Crippen LogP contribution in [0.15, 0.2) is 24.3 Å². The second kappa shape index (κ2) is 9.87. The van der Waals surface area contributed by atoms with Gasteiger partial charge in [-0.05, 0) is 43.4 Å². The third kappa shape index (κ3) is 5.26. The number of anilines is 2. The summed E-state index contributed by atoms with van der Waals surface area (Å²) in [7, 11) is 0. The van der Waals surface area contributed by atoms with Gasteiger partial charge in [0, 0.05) is 56.3 Å². The van der Waals surface area contributed by atoms with Crippen LogP contribution in [0.5, 0.6) is 0 Å². The van der Waals surface area contributed by atoms with E-state index in [1.807, 2.05) is 17.0 Å². The predicted octanol–water partition coefficient (Wildman–Crippen LogP) is 1.94. The van der Waals surface area contributed by atoms with E-state index in [4.69, 9.17) is 22.1 Å². The van der Waals surface area contributed by atoms with Gasteiger partial charge in [0.05, 0.1) is 12.7 Å². The van der Waals surface area contributed by atoms with Crippen LogP contribution in [0.4, 0.5) is 11.9 Å². The second-order valence-electron chi connectivity index (χ2n) is 9.32. The number of aromatic nitrogens is 3. The Kier molecular flexibility index (Phi) is 6.71. The third-order valence-corrected chi connectivity index (χ3v) is 7.35. The first-order valence-electron chi connectivity index (χ1n) is 11.9. The Balaban J connectivity index is 1.26. The number of amides is 1. The van der Waals surface area contributed by atoms with Gasteiger partial charge in [0.25, 0.3) is 0 Å². The van der Waals surface area contributed by atoms with Crippen molar-refractivity contribution in [1.29, 1.82) is 0 Å². The fourth-order valence-corrected chi connectivity index (χ4v) is 5.48. The number of piperidine rings is 1. The maximum Gasteiger partial charge on any atom is 0.246 e. The number of benzene rings is 1. The average Bonchev–Trinajstić information content (AvgIpc) is 3.44. The first-order valence-corrected chi connectivity index (χ1v) is 12.3. The summed E-state index contributed by atoms with van der Waals surface area (Å²) in [6.07, 6.45) is 4.66. The number of carbonyl (C=O) groups is 1. The van der Waals surface area contributed by atoms with Crippen LogP contribution in [0.3, 0.4) is 0 Å². The molecule has 1 aromatic heterocycles. The molecule has 3 fully saturated rings. The van der Waals surface area contributed by atoms with Gasteiger partial charge in [-0.1, -0.05) is 23.7 Å². The van der Waals surface area contributed by atoms with Crippen molar-refractivity contribution in [2.24, 2.45) is 0 Å². The average molecular weight is 474 g/mol. The number of ether oxygens (including phenoxy) is 1. The summed E-state index contributed by atoms with van der Waals surface area (Å²) in [5.74, 6) is 1.28. The number of H-pyrrole nitrogens is 1. The van der Waals surface area contributed by atoms with Gasteiger partial charge in [0.15, 0.2) is 0 Å². The highest BCUT2D eigenvalue weighted by molar-refractivity contribution is 6.30. The molecule has 2 aromatic rings. The van der Waals surface area contributed by atoms with Crippen LogP contribution >= 0.6 is 11.6 Å². The van der Waals surface area contributed by atoms with Crippen molar-refractivity contribution in [3.05, 3.63) is 34.9 Å². The molecular weight excluding hydrogens is 442 g/mol. The SMILES string of the molecule is Nc1nc(N2CCC(N3C[C@H](CN4CCCC4=O)OC[C@@H]3Cc3ccc(Cl)cc3)CC2)n[nH]1. The number of morpholine rings is 1. The Labute approximate surface area is 199 Å². The number of rotatable bonds is 6. The Morgan fingerprint density at radius 2 is 1.97 bits per heavy atom. The van der Waals surface area contributed by atoms with Crippen molar-refractivity contribution in [3.63, 3.8) is 0 Å². The molecule has 0 unspecified atom stereocenters. The number of nitrogens with zero attached hydrogens (tertiary/aromatic N) is 5. The second-order valence-corrected chi connectivity index (χ2v) is 9.76. The molecule has 10 heteroatoms. The van der Waals surface area contributed by atoms with Crippen LogP contribution in [-0.2, 0) is 16.0 Å². The molecule has 0 bridgehead atoms. The van der Waals surface area contributed by atoms with E-state index in [0.29, 0.717) is 43.6 Å². The maximum atomic E-state index is 12.2. The van der Waals surface area contributed by atoms with Crippen LogP contribution in [-0.4, -0.2) is 88.4 Å². The third-order valence-electron chi connectivity index (χ3n) is 7.10. The summed E-state index contributed by atoms with van der Waals surface area (Å²) >= 11 is 6.09. The molecule has 0 aliphatic carbocycles. The molecule has 0 radical (unpaired) electrons. The van der Waals surface area contributed by atoms with Crippen LogP contribution in [0.1, 0.15) is 31.2 Å². The van der Waals surface area contributed by atoms with Gasteiger partial charge in [-0.15, -0.1) is 5.10 Å². The number of hydrogen-bond acceptors (Lipinski definition) is 7. The highest BCUT2D eigenvalue weighted by Crippen LogP contribution is 2.27. The van der Waals surface area contributed by atoms with Crippen LogP contribution in [0.25, 0.3) is 0 Å². The van der Waals surface area contributed by atoms with Crippen molar-refractivity contribution in [2.45, 2.75) is 50.3 Å². The maximum absolute atomic E-state index is 12.2. The molecule has 0 spiro atoms. The number of hydrogen-bond donors (Lipinski definition) is 2. The standard InChI is InChI=1S/C23H32ClN7O2/c24-17-5-3-16(4-6-17)12-19-15-33-20(13-30-9-1-2-21(30)32)14-31(19)18-7-10-29(11-8-18)23-26-22(25)27-28-23/h3-6,18-20H,1-2,7-15H2,(H3,25,26,27,28)/t19-,20-/m0/s1. The molecule has 9 nitrogen and oxygen atoms in total. The Morgan fingerprint density at radius 3 is 2.64 bits per heavy atom. The van der Waals surface area contributed by atoms with E-state index in [-0.39, 0.29) is 12.0 Å². The van der Waals surface area contributed by atoms with Crippen LogP contribution in [0.2, 0.25) is 5.02 Å². The van der Waals surface area contributed by atoms with Gasteiger partial charge in [0.1, 0.15) is 0 Å². The van der Waals surface area contributed by atoms with Crippen LogP contribution in [0, 0.1) is 0 Å². The van der Waals surface area contributed by atoms with E-state index in [0.717, 1.165) is 56.9 Å². The molecule has 3 saturated heterocycles. The van der Waals surface area contributed by atoms with E-state index in [1.165, 1.54) is 5.56 Å². The highest BCUT2D eigenvalue weighted by Gasteiger charge is 2.37. The number of aromatic amines is 1. The zero-order chi connectivity index (χ0) is 22.8. The van der Waals surface area contributed by atoms with Gasteiger partial charge in [-0.25, -0.2) is 5.10 Å². The predicted molar refractivity (Wildman–Crippen MR) is 127 cm³/mol. The lowest BCUT2D eigenvalue weighted by atomic mass is 9.96. The molecular formula is C23H32ClN7O2. The molecule has 33 heavy (non-hydrogen) atoms. The Hall–Kier alpha value is -2.36. The summed E-state index contributed by atoms with van der Waals surface area (Å²) in [6.45, 7) is 4.85. The molecule has 5 rings (SSSR count). The largest absolute Gasteiger partial charge is 0.373 e. The van der Waals surface area contributed by atoms with Crippen molar-refractivity contribution in [3.8, 4) is 0 Å². The quantitative estimate of drug-likeness (QED) is 0.660. The van der Waals surface area contributed by atoms with E-state index in [9.17, 15) is 4.79 Å². The topological polar surface area (TPSA) is 104 Å². The van der Waals surface area contributed by atoms with E-state index >= 15 is 0 Å². The van der Waals surface area contributed by atoms with Gasteiger partial charge >= 0.3 is 0 Å². The molecule has 2 atom stereocenters. The summed E-state index contributed by atoms with van der Waals surface area (Å²) in [6, 6.07) is 8.86. The summed E-state index contributed by atoms with van der Waals surface area (Å²) < 4.78 is 6.30. The Morgan fingerprint density at radius 1 is 1.18 bits per heavy atom. The first-order chi connectivity index (χ1) is 16.0. The number of carbonyl (C=O) groups excluding carboxylic acids is 1. The number of nitrogens with one attached hydrogen (secondary N) is 1. The molecule has 0 saturated carbocycles. The molecule has 4 heterocycles. The van der Waals surface area contributed by atoms with Crippen LogP contribution < -0.4 is 10.6 Å². The van der Waals surface area contributed by atoms with Gasteiger partial charge in [-0.3, -0.25) is 9.69 Å². The van der Waals surface area contributed by atoms with Gasteiger partial charge in [0.2, 0.25) is 17.8 Å². The van der Waals surface area contributed by atoms with Gasteiger partial charge in [-0.2, -0.15) is 4.98 Å². The van der Waals surface area contributed by atoms with E-state index < -0.39 is 0 Å². The number of likely N-dealkylation sites (tertiary alicyclic amines) is 1. The first kappa shape index (κ1) is 22.4. The summed E-state index contributed by atoms with van der Waals surface area (Å²) in [5.41, 5.74) is 6.97. The lowest BCUT2D eigenvalue weighted by Gasteiger charge is -2.47. The summed E-state index contributed by atoms with van der Waals surface area (Å²) in [4.78, 5) is 23.2. The molecule has 1 amide bonds. The zero-order valence-corrected chi connectivity index (χ0v) is 19.6. The molecule has 178 valence electrons. The minimum Gasteiger partial charge on any atom is -0.373 e. The normalized spacial score (nSPS) is 25.2. The fraction of sp³-hybridized carbons (Fsp3) is 0.609.